The number of esters is 1. The minimum absolute atomic E-state index is 0.155. The van der Waals surface area contributed by atoms with Crippen molar-refractivity contribution in [3.8, 4) is 0 Å². The van der Waals surface area contributed by atoms with E-state index in [2.05, 4.69) is 0 Å². The van der Waals surface area contributed by atoms with Crippen LogP contribution in [0.2, 0.25) is 0 Å². The highest BCUT2D eigenvalue weighted by molar-refractivity contribution is 5.98. The summed E-state index contributed by atoms with van der Waals surface area (Å²) in [6, 6.07) is 0. The van der Waals surface area contributed by atoms with Gasteiger partial charge in [-0.3, -0.25) is 9.59 Å². The lowest BCUT2D eigenvalue weighted by Gasteiger charge is -2.19. The van der Waals surface area contributed by atoms with Gasteiger partial charge in [-0.15, -0.1) is 0 Å². The second-order valence-corrected chi connectivity index (χ2v) is 3.49. The molecule has 1 saturated heterocycles. The molecule has 1 aliphatic heterocycles. The van der Waals surface area contributed by atoms with Crippen LogP contribution in [0.4, 0.5) is 0 Å². The molecule has 10 heavy (non-hydrogen) atoms. The van der Waals surface area contributed by atoms with Crippen LogP contribution in [0.5, 0.6) is 0 Å². The SMILES string of the molecule is CC1(C)[C@@H]2C(=O)O[C@@]21C=O. The fourth-order valence-electron chi connectivity index (χ4n) is 1.83. The highest BCUT2D eigenvalue weighted by Gasteiger charge is 2.86. The van der Waals surface area contributed by atoms with Crippen molar-refractivity contribution in [2.24, 2.45) is 11.3 Å². The van der Waals surface area contributed by atoms with Crippen LogP contribution < -0.4 is 0 Å². The van der Waals surface area contributed by atoms with E-state index in [0.29, 0.717) is 0 Å². The average molecular weight is 140 g/mol. The minimum atomic E-state index is -0.732. The zero-order valence-electron chi connectivity index (χ0n) is 5.88. The molecule has 1 aliphatic carbocycles. The van der Waals surface area contributed by atoms with Gasteiger partial charge in [0.05, 0.1) is 0 Å². The molecule has 0 spiro atoms. The molecule has 0 aromatic carbocycles. The van der Waals surface area contributed by atoms with Gasteiger partial charge < -0.3 is 4.74 Å². The fraction of sp³-hybridized carbons (Fsp3) is 0.714. The Hall–Kier alpha value is -0.860. The number of aldehydes is 1. The molecule has 54 valence electrons. The smallest absolute Gasteiger partial charge is 0.315 e. The van der Waals surface area contributed by atoms with Crippen molar-refractivity contribution < 1.29 is 14.3 Å². The Morgan fingerprint density at radius 2 is 2.20 bits per heavy atom. The molecule has 0 aromatic heterocycles. The Labute approximate surface area is 58.4 Å². The lowest BCUT2D eigenvalue weighted by Crippen LogP contribution is -2.37. The van der Waals surface area contributed by atoms with Crippen molar-refractivity contribution in [2.75, 3.05) is 0 Å². The first-order valence-electron chi connectivity index (χ1n) is 3.25. The van der Waals surface area contributed by atoms with Gasteiger partial charge in [0.1, 0.15) is 5.92 Å². The van der Waals surface area contributed by atoms with Gasteiger partial charge in [0.25, 0.3) is 0 Å². The summed E-state index contributed by atoms with van der Waals surface area (Å²) in [7, 11) is 0. The summed E-state index contributed by atoms with van der Waals surface area (Å²) >= 11 is 0. The van der Waals surface area contributed by atoms with Crippen molar-refractivity contribution >= 4 is 12.3 Å². The summed E-state index contributed by atoms with van der Waals surface area (Å²) in [5.41, 5.74) is -0.976. The molecule has 0 aromatic rings. The first-order chi connectivity index (χ1) is 4.56. The number of carbonyl (C=O) groups is 2. The van der Waals surface area contributed by atoms with Gasteiger partial charge in [-0.05, 0) is 0 Å². The molecule has 1 saturated carbocycles. The number of rotatable bonds is 1. The van der Waals surface area contributed by atoms with Gasteiger partial charge in [0, 0.05) is 5.41 Å². The zero-order chi connectivity index (χ0) is 7.57. The van der Waals surface area contributed by atoms with Crippen LogP contribution in [-0.2, 0) is 14.3 Å². The van der Waals surface area contributed by atoms with Crippen LogP contribution in [0.25, 0.3) is 0 Å². The maximum Gasteiger partial charge on any atom is 0.315 e. The van der Waals surface area contributed by atoms with Crippen LogP contribution in [0, 0.1) is 11.3 Å². The van der Waals surface area contributed by atoms with Crippen molar-refractivity contribution in [1.29, 1.82) is 0 Å². The Morgan fingerprint density at radius 3 is 2.30 bits per heavy atom. The van der Waals surface area contributed by atoms with E-state index in [-0.39, 0.29) is 17.3 Å². The largest absolute Gasteiger partial charge is 0.449 e. The van der Waals surface area contributed by atoms with E-state index >= 15 is 0 Å². The quantitative estimate of drug-likeness (QED) is 0.384. The van der Waals surface area contributed by atoms with E-state index in [0.717, 1.165) is 6.29 Å². The molecule has 3 heteroatoms. The highest BCUT2D eigenvalue weighted by Crippen LogP contribution is 2.69. The van der Waals surface area contributed by atoms with E-state index in [4.69, 9.17) is 4.74 Å². The number of hydrogen-bond donors (Lipinski definition) is 0. The number of carbonyl (C=O) groups excluding carboxylic acids is 2. The summed E-state index contributed by atoms with van der Waals surface area (Å²) in [4.78, 5) is 21.1. The Bertz CT molecular complexity index is 231. The maximum absolute atomic E-state index is 10.7. The van der Waals surface area contributed by atoms with Gasteiger partial charge in [-0.2, -0.15) is 0 Å². The van der Waals surface area contributed by atoms with E-state index in [1.807, 2.05) is 13.8 Å². The Balaban J connectivity index is 2.35. The van der Waals surface area contributed by atoms with Crippen LogP contribution in [0.15, 0.2) is 0 Å². The summed E-state index contributed by atoms with van der Waals surface area (Å²) in [6.07, 6.45) is 0.749. The molecule has 1 heterocycles. The van der Waals surface area contributed by atoms with E-state index in [9.17, 15) is 9.59 Å². The van der Waals surface area contributed by atoms with Crippen LogP contribution in [0.3, 0.4) is 0 Å². The van der Waals surface area contributed by atoms with E-state index in [1.165, 1.54) is 0 Å². The number of fused-ring (bicyclic) bond motifs is 1. The lowest BCUT2D eigenvalue weighted by atomic mass is 10.1. The van der Waals surface area contributed by atoms with Crippen molar-refractivity contribution in [1.82, 2.24) is 0 Å². The van der Waals surface area contributed by atoms with Gasteiger partial charge >= 0.3 is 5.97 Å². The van der Waals surface area contributed by atoms with Crippen LogP contribution in [0.1, 0.15) is 13.8 Å². The lowest BCUT2D eigenvalue weighted by molar-refractivity contribution is -0.173. The molecular weight excluding hydrogens is 132 g/mol. The monoisotopic (exact) mass is 140 g/mol. The van der Waals surface area contributed by atoms with E-state index in [1.54, 1.807) is 0 Å². The molecule has 0 N–H and O–H groups in total. The third-order valence-corrected chi connectivity index (χ3v) is 2.75. The van der Waals surface area contributed by atoms with Crippen LogP contribution >= 0.6 is 0 Å². The fourth-order valence-corrected chi connectivity index (χ4v) is 1.83. The number of ether oxygens (including phenoxy) is 1. The molecular formula is C7H8O3. The summed E-state index contributed by atoms with van der Waals surface area (Å²) in [6.45, 7) is 3.74. The molecule has 0 radical (unpaired) electrons. The highest BCUT2D eigenvalue weighted by atomic mass is 16.6. The number of hydrogen-bond acceptors (Lipinski definition) is 3. The predicted molar refractivity (Wildman–Crippen MR) is 32.2 cm³/mol. The van der Waals surface area contributed by atoms with Crippen molar-refractivity contribution in [3.05, 3.63) is 0 Å². The predicted octanol–water partition coefficient (Wildman–Crippen LogP) is 0.137. The molecule has 0 bridgehead atoms. The van der Waals surface area contributed by atoms with Gasteiger partial charge in [0.15, 0.2) is 11.9 Å². The first-order valence-corrected chi connectivity index (χ1v) is 3.25. The van der Waals surface area contributed by atoms with Gasteiger partial charge in [-0.1, -0.05) is 13.8 Å². The molecule has 2 fully saturated rings. The third-order valence-electron chi connectivity index (χ3n) is 2.75. The van der Waals surface area contributed by atoms with Gasteiger partial charge in [0.2, 0.25) is 0 Å². The molecule has 2 rings (SSSR count). The summed E-state index contributed by atoms with van der Waals surface area (Å²) in [5.74, 6) is -0.380. The molecule has 3 nitrogen and oxygen atoms in total. The second kappa shape index (κ2) is 1.13. The molecule has 0 amide bonds. The second-order valence-electron chi connectivity index (χ2n) is 3.49. The molecule has 2 atom stereocenters. The minimum Gasteiger partial charge on any atom is -0.449 e. The Kier molecular flexibility index (Phi) is 0.667. The summed E-state index contributed by atoms with van der Waals surface area (Å²) in [5, 5.41) is 0. The third kappa shape index (κ3) is 0.296. The normalized spacial score (nSPS) is 46.6. The van der Waals surface area contributed by atoms with E-state index < -0.39 is 5.60 Å². The van der Waals surface area contributed by atoms with Gasteiger partial charge in [-0.25, -0.2) is 0 Å². The molecule has 0 unspecified atom stereocenters. The average Bonchev–Trinajstić information content (AvgIpc) is 2.19. The topological polar surface area (TPSA) is 43.4 Å². The molecule has 2 aliphatic rings. The van der Waals surface area contributed by atoms with Crippen molar-refractivity contribution in [2.45, 2.75) is 19.4 Å². The van der Waals surface area contributed by atoms with Crippen molar-refractivity contribution in [3.63, 3.8) is 0 Å². The zero-order valence-corrected chi connectivity index (χ0v) is 5.88. The Morgan fingerprint density at radius 1 is 1.60 bits per heavy atom. The maximum atomic E-state index is 10.7. The first kappa shape index (κ1) is 5.89. The summed E-state index contributed by atoms with van der Waals surface area (Å²) < 4.78 is 4.76. The van der Waals surface area contributed by atoms with Crippen LogP contribution in [-0.4, -0.2) is 17.9 Å². The standard InChI is InChI=1S/C7H8O3/c1-6(2)4-5(9)10-7(4,6)3-8/h3-4H,1-2H3/t4-,7-/m0/s1.